The lowest BCUT2D eigenvalue weighted by atomic mass is 10.3. The normalized spacial score (nSPS) is 16.8. The first-order valence-corrected chi connectivity index (χ1v) is 7.83. The molecule has 0 atom stereocenters. The Morgan fingerprint density at radius 1 is 1.25 bits per heavy atom. The van der Waals surface area contributed by atoms with Crippen molar-refractivity contribution >= 4 is 56.2 Å². The first-order chi connectivity index (χ1) is 9.63. The highest BCUT2D eigenvalue weighted by Crippen LogP contribution is 2.27. The van der Waals surface area contributed by atoms with Crippen LogP contribution in [0.4, 0.5) is 0 Å². The maximum absolute atomic E-state index is 11.7. The van der Waals surface area contributed by atoms with Gasteiger partial charge in [-0.1, -0.05) is 39.9 Å². The number of thioether (sulfide) groups is 1. The highest BCUT2D eigenvalue weighted by molar-refractivity contribution is 9.10. The van der Waals surface area contributed by atoms with Gasteiger partial charge < -0.3 is 9.88 Å². The Bertz CT molecular complexity index is 719. The first kappa shape index (κ1) is 13.6. The van der Waals surface area contributed by atoms with E-state index in [1.165, 1.54) is 11.8 Å². The largest absolute Gasteiger partial charge is 0.317 e. The molecular weight excluding hydrogens is 356 g/mol. The topological polar surface area (TPSA) is 34.0 Å². The summed E-state index contributed by atoms with van der Waals surface area (Å²) in [5.41, 5.74) is 1.98. The number of benzene rings is 1. The third-order valence-corrected chi connectivity index (χ3v) is 4.50. The van der Waals surface area contributed by atoms with Crippen molar-refractivity contribution in [3.8, 4) is 5.69 Å². The number of carbonyl (C=O) groups excluding carboxylic acids is 1. The van der Waals surface area contributed by atoms with Gasteiger partial charge in [-0.05, 0) is 42.5 Å². The highest BCUT2D eigenvalue weighted by Gasteiger charge is 2.22. The molecule has 3 rings (SSSR count). The molecule has 6 heteroatoms. The van der Waals surface area contributed by atoms with E-state index in [1.54, 1.807) is 0 Å². The molecule has 1 aromatic heterocycles. The number of nitrogens with zero attached hydrogens (tertiary/aromatic N) is 1. The lowest BCUT2D eigenvalue weighted by molar-refractivity contribution is -0.115. The lowest BCUT2D eigenvalue weighted by Gasteiger charge is -2.07. The average Bonchev–Trinajstić information content (AvgIpc) is 2.98. The van der Waals surface area contributed by atoms with E-state index in [9.17, 15) is 4.79 Å². The van der Waals surface area contributed by atoms with E-state index in [1.807, 2.05) is 53.2 Å². The minimum atomic E-state index is -0.136. The molecule has 1 aliphatic rings. The molecule has 0 bridgehead atoms. The SMILES string of the molecule is O=C1NC(=S)S/C1=C/c1cccn1-c1ccc(Br)cc1. The molecule has 3 nitrogen and oxygen atoms in total. The van der Waals surface area contributed by atoms with Crippen molar-refractivity contribution in [1.29, 1.82) is 0 Å². The number of hydrogen-bond acceptors (Lipinski definition) is 3. The standard InChI is InChI=1S/C14H9BrN2OS2/c15-9-3-5-10(6-4-9)17-7-1-2-11(17)8-12-13(18)16-14(19)20-12/h1-8H,(H,16,18,19)/b12-8+. The third-order valence-electron chi connectivity index (χ3n) is 2.81. The van der Waals surface area contributed by atoms with Gasteiger partial charge in [0.25, 0.3) is 5.91 Å². The summed E-state index contributed by atoms with van der Waals surface area (Å²) in [5.74, 6) is -0.136. The zero-order valence-corrected chi connectivity index (χ0v) is 13.4. The van der Waals surface area contributed by atoms with Crippen LogP contribution in [0.15, 0.2) is 52.0 Å². The van der Waals surface area contributed by atoms with Gasteiger partial charge in [0.1, 0.15) is 4.32 Å². The number of amides is 1. The Labute approximate surface area is 134 Å². The van der Waals surface area contributed by atoms with Gasteiger partial charge >= 0.3 is 0 Å². The van der Waals surface area contributed by atoms with E-state index in [4.69, 9.17) is 12.2 Å². The van der Waals surface area contributed by atoms with Crippen molar-refractivity contribution in [2.24, 2.45) is 0 Å². The van der Waals surface area contributed by atoms with Crippen LogP contribution >= 0.6 is 39.9 Å². The summed E-state index contributed by atoms with van der Waals surface area (Å²) in [7, 11) is 0. The van der Waals surface area contributed by atoms with Gasteiger partial charge in [-0.2, -0.15) is 0 Å². The summed E-state index contributed by atoms with van der Waals surface area (Å²) < 4.78 is 3.56. The zero-order chi connectivity index (χ0) is 14.1. The smallest absolute Gasteiger partial charge is 0.263 e. The molecule has 1 aromatic carbocycles. The minimum absolute atomic E-state index is 0.136. The highest BCUT2D eigenvalue weighted by atomic mass is 79.9. The van der Waals surface area contributed by atoms with Crippen LogP contribution in [0.1, 0.15) is 5.69 Å². The third kappa shape index (κ3) is 2.72. The predicted molar refractivity (Wildman–Crippen MR) is 89.8 cm³/mol. The Morgan fingerprint density at radius 2 is 2.00 bits per heavy atom. The molecular formula is C14H9BrN2OS2. The second kappa shape index (κ2) is 5.55. The number of rotatable bonds is 2. The summed E-state index contributed by atoms with van der Waals surface area (Å²) in [6.07, 6.45) is 3.81. The fourth-order valence-corrected chi connectivity index (χ4v) is 3.20. The molecule has 0 radical (unpaired) electrons. The minimum Gasteiger partial charge on any atom is -0.317 e. The monoisotopic (exact) mass is 364 g/mol. The van der Waals surface area contributed by atoms with Crippen molar-refractivity contribution in [3.63, 3.8) is 0 Å². The predicted octanol–water partition coefficient (Wildman–Crippen LogP) is 3.73. The molecule has 1 amide bonds. The fraction of sp³-hybridized carbons (Fsp3) is 0. The quantitative estimate of drug-likeness (QED) is 0.651. The molecule has 0 aliphatic carbocycles. The van der Waals surface area contributed by atoms with Crippen LogP contribution < -0.4 is 5.32 Å². The second-order valence-electron chi connectivity index (χ2n) is 4.13. The number of carbonyl (C=O) groups is 1. The molecule has 100 valence electrons. The van der Waals surface area contributed by atoms with Crippen LogP contribution in [0, 0.1) is 0 Å². The van der Waals surface area contributed by atoms with Crippen molar-refractivity contribution < 1.29 is 4.79 Å². The summed E-state index contributed by atoms with van der Waals surface area (Å²) in [6.45, 7) is 0. The number of aromatic nitrogens is 1. The van der Waals surface area contributed by atoms with E-state index in [-0.39, 0.29) is 5.91 Å². The van der Waals surface area contributed by atoms with Gasteiger partial charge in [0, 0.05) is 22.1 Å². The number of nitrogens with one attached hydrogen (secondary N) is 1. The summed E-state index contributed by atoms with van der Waals surface area (Å²) in [5, 5.41) is 2.62. The maximum Gasteiger partial charge on any atom is 0.263 e. The van der Waals surface area contributed by atoms with Gasteiger partial charge in [0.15, 0.2) is 0 Å². The van der Waals surface area contributed by atoms with Crippen LogP contribution in [0.3, 0.4) is 0 Å². The summed E-state index contributed by atoms with van der Waals surface area (Å²) in [6, 6.07) is 11.9. The Balaban J connectivity index is 1.99. The fourth-order valence-electron chi connectivity index (χ4n) is 1.90. The Hall–Kier alpha value is -1.37. The Morgan fingerprint density at radius 3 is 2.65 bits per heavy atom. The molecule has 1 N–H and O–H groups in total. The van der Waals surface area contributed by atoms with Crippen molar-refractivity contribution in [1.82, 2.24) is 9.88 Å². The lowest BCUT2D eigenvalue weighted by Crippen LogP contribution is -2.17. The van der Waals surface area contributed by atoms with Crippen molar-refractivity contribution in [2.75, 3.05) is 0 Å². The van der Waals surface area contributed by atoms with Gasteiger partial charge in [0.2, 0.25) is 0 Å². The second-order valence-corrected chi connectivity index (χ2v) is 6.77. The van der Waals surface area contributed by atoms with E-state index in [2.05, 4.69) is 21.2 Å². The summed E-state index contributed by atoms with van der Waals surface area (Å²) in [4.78, 5) is 12.3. The molecule has 0 spiro atoms. The van der Waals surface area contributed by atoms with Crippen LogP contribution in [-0.2, 0) is 4.79 Å². The maximum atomic E-state index is 11.7. The van der Waals surface area contributed by atoms with Crippen LogP contribution in [0.2, 0.25) is 0 Å². The van der Waals surface area contributed by atoms with E-state index >= 15 is 0 Å². The molecule has 20 heavy (non-hydrogen) atoms. The van der Waals surface area contributed by atoms with Gasteiger partial charge in [-0.15, -0.1) is 0 Å². The molecule has 0 saturated carbocycles. The van der Waals surface area contributed by atoms with Crippen LogP contribution in [-0.4, -0.2) is 14.8 Å². The van der Waals surface area contributed by atoms with Gasteiger partial charge in [-0.3, -0.25) is 4.79 Å². The Kier molecular flexibility index (Phi) is 3.78. The molecule has 1 fully saturated rings. The van der Waals surface area contributed by atoms with Gasteiger partial charge in [-0.25, -0.2) is 0 Å². The van der Waals surface area contributed by atoms with Crippen LogP contribution in [0.25, 0.3) is 11.8 Å². The van der Waals surface area contributed by atoms with Crippen LogP contribution in [0.5, 0.6) is 0 Å². The first-order valence-electron chi connectivity index (χ1n) is 5.81. The molecule has 2 aromatic rings. The zero-order valence-electron chi connectivity index (χ0n) is 10.2. The number of thiocarbonyl (C=S) groups is 1. The number of hydrogen-bond donors (Lipinski definition) is 1. The average molecular weight is 365 g/mol. The van der Waals surface area contributed by atoms with E-state index in [0.717, 1.165) is 15.9 Å². The molecule has 1 saturated heterocycles. The van der Waals surface area contributed by atoms with E-state index in [0.29, 0.717) is 9.23 Å². The molecule has 1 aliphatic heterocycles. The van der Waals surface area contributed by atoms with E-state index < -0.39 is 0 Å². The summed E-state index contributed by atoms with van der Waals surface area (Å²) >= 11 is 9.70. The molecule has 0 unspecified atom stereocenters. The van der Waals surface area contributed by atoms with Crippen molar-refractivity contribution in [2.45, 2.75) is 0 Å². The van der Waals surface area contributed by atoms with Gasteiger partial charge in [0.05, 0.1) is 4.91 Å². The number of halogens is 1. The molecule has 2 heterocycles. The van der Waals surface area contributed by atoms with Crippen molar-refractivity contribution in [3.05, 3.63) is 57.7 Å².